The molecule has 17 atom stereocenters. The average Bonchev–Trinajstić information content (AvgIpc) is 1.64. The summed E-state index contributed by atoms with van der Waals surface area (Å²) < 4.78 is 1.16. The first-order valence-corrected chi connectivity index (χ1v) is 43.9. The van der Waals surface area contributed by atoms with Crippen LogP contribution < -0.4 is 132 Å². The van der Waals surface area contributed by atoms with Crippen LogP contribution in [0.2, 0.25) is 0 Å². The lowest BCUT2D eigenvalue weighted by Gasteiger charge is -2.33. The van der Waals surface area contributed by atoms with Gasteiger partial charge < -0.3 is 170 Å². The number of nitrogens with two attached hydrogens (primary N) is 9. The number of unbranched alkanes of at least 4 members (excludes halogenated alkanes) is 2. The van der Waals surface area contributed by atoms with E-state index in [1.807, 2.05) is 0 Å². The maximum atomic E-state index is 15.9. The Hall–Kier alpha value is -14.3. The van der Waals surface area contributed by atoms with E-state index in [1.54, 1.807) is 0 Å². The van der Waals surface area contributed by atoms with Gasteiger partial charge in [0.05, 0.1) is 25.0 Å². The molecule has 11 rings (SSSR count). The van der Waals surface area contributed by atoms with Gasteiger partial charge in [-0.1, -0.05) is 24.3 Å². The number of imidazole rings is 1. The molecule has 55 heteroatoms. The maximum Gasteiger partial charge on any atom is 0.488 e. The summed E-state index contributed by atoms with van der Waals surface area (Å²) in [6.45, 7) is -3.03. The number of phenolic OH excluding ortho intramolecular Hbond substituents is 1. The number of hydrogen-bond donors (Lipinski definition) is 31. The Labute approximate surface area is 767 Å². The zero-order valence-corrected chi connectivity index (χ0v) is 73.5. The van der Waals surface area contributed by atoms with Gasteiger partial charge in [-0.2, -0.15) is 4.98 Å². The Morgan fingerprint density at radius 1 is 0.522 bits per heavy atom. The molecule has 2 aromatic heterocycles. The molecule has 0 spiro atoms. The molecule has 726 valence electrons. The Morgan fingerprint density at radius 2 is 0.970 bits per heavy atom. The van der Waals surface area contributed by atoms with E-state index in [4.69, 9.17) is 78.6 Å². The van der Waals surface area contributed by atoms with E-state index in [2.05, 4.69) is 84.1 Å². The van der Waals surface area contributed by atoms with Gasteiger partial charge in [-0.3, -0.25) is 99.2 Å². The Balaban J connectivity index is 0.848. The summed E-state index contributed by atoms with van der Waals surface area (Å²) >= 11 is 0. The summed E-state index contributed by atoms with van der Waals surface area (Å²) in [6.07, 6.45) is 0.682. The molecular weight excluding hydrogens is 1750 g/mol. The first-order chi connectivity index (χ1) is 63.6. The number of guanidine groups is 5. The van der Waals surface area contributed by atoms with E-state index in [9.17, 15) is 63.1 Å². The van der Waals surface area contributed by atoms with E-state index in [0.29, 0.717) is 18.7 Å². The van der Waals surface area contributed by atoms with Gasteiger partial charge in [-0.15, -0.1) is 0 Å². The Bertz CT molecular complexity index is 5130. The summed E-state index contributed by atoms with van der Waals surface area (Å²) in [6, 6.07) is -6.22. The second-order valence-electron chi connectivity index (χ2n) is 34.6. The van der Waals surface area contributed by atoms with Gasteiger partial charge in [0.2, 0.25) is 76.8 Å². The largest absolute Gasteiger partial charge is 0.508 e. The number of aromatic amines is 1. The number of phenols is 1. The Morgan fingerprint density at radius 3 is 1.44 bits per heavy atom. The summed E-state index contributed by atoms with van der Waals surface area (Å²) in [5.74, 6) is -12.8. The molecule has 0 unspecified atom stereocenters. The van der Waals surface area contributed by atoms with Crippen LogP contribution in [0.4, 0.5) is 5.95 Å². The zero-order chi connectivity index (χ0) is 97.2. The third kappa shape index (κ3) is 26.3. The maximum absolute atomic E-state index is 15.9. The Kier molecular flexibility index (Phi) is 33.8. The van der Waals surface area contributed by atoms with E-state index in [0.717, 1.165) is 20.7 Å². The van der Waals surface area contributed by atoms with Crippen molar-refractivity contribution in [3.8, 4) is 5.75 Å². The standard InChI is InChI=1S/C79H120BN37O17/c81-40-20-51(98-27-40)70(129)116-32-45(104-77(90)91)25-56(116)72(131)114-30-43(102-75(86)87)23-54(114)65(124)96-16-4-2-6-49(107-67(126)55-24-44(103-76(88)89)31-115(55)73(132)57-26-46(105-78(92)93)33-117(57)71(130)52-21-41(82)28-99-52)69(128)113-29-42(101-74(84)85)22-53(113)66(125)97-17-18-111(59(120)35-112-36-100-60-62(112)109-79(94)110-68(60)127)34-58(119)106-48(64(123)108-50(61(83)121)19-37-7-13-47(118)14-8-37)5-1-3-15-95-63(122)38-9-11-39(12-10-38)80(133)134/h7-14,36,40-46,48-57,98-99,118,133-134H,1-6,15-35,81-82H2,(H2,83,121)(H,95,122)(H,96,124)(H,97,125)(H,106,119)(H,107,126)(H,108,123)(H4,84,85,101)(H4,86,87,102)(H4,88,89,103)(H4,90,91,104)(H4,92,93,105)(H3,94,109,110,127)/t40-,41-,42-,43-,44-,45-,46-,48+,49+,50+,51-,52-,53+,54+,55+,56+,57+/m1/s1. The number of nitrogens with zero attached hydrogens (tertiary/aromatic N) is 9. The number of likely N-dealkylation sites (tertiary alicyclic amines) is 5. The van der Waals surface area contributed by atoms with Crippen LogP contribution in [0.3, 0.4) is 0 Å². The molecule has 0 saturated carbocycles. The molecule has 134 heavy (non-hydrogen) atoms. The number of H-pyrrole nitrogens is 1. The van der Waals surface area contributed by atoms with Crippen LogP contribution in [0.25, 0.3) is 11.2 Å². The molecule has 0 aliphatic carbocycles. The van der Waals surface area contributed by atoms with Crippen molar-refractivity contribution in [2.45, 2.75) is 199 Å². The number of primary amides is 1. The predicted molar refractivity (Wildman–Crippen MR) is 482 cm³/mol. The lowest BCUT2D eigenvalue weighted by molar-refractivity contribution is -0.148. The fourth-order valence-corrected chi connectivity index (χ4v) is 18.1. The van der Waals surface area contributed by atoms with Crippen LogP contribution in [-0.2, 0) is 70.5 Å². The first kappa shape index (κ1) is 100. The highest BCUT2D eigenvalue weighted by atomic mass is 16.4. The lowest BCUT2D eigenvalue weighted by atomic mass is 9.80. The first-order valence-electron chi connectivity index (χ1n) is 43.9. The minimum Gasteiger partial charge on any atom is -0.508 e. The van der Waals surface area contributed by atoms with Crippen molar-refractivity contribution < 1.29 is 77.5 Å². The molecule has 7 fully saturated rings. The lowest BCUT2D eigenvalue weighted by Crippen LogP contribution is -2.58. The van der Waals surface area contributed by atoms with Gasteiger partial charge in [-0.25, -0.2) is 4.98 Å². The van der Waals surface area contributed by atoms with Crippen LogP contribution in [0, 0.1) is 27.0 Å². The normalized spacial score (nSPS) is 23.6. The number of aromatic nitrogens is 4. The van der Waals surface area contributed by atoms with Gasteiger partial charge in [0.25, 0.3) is 11.5 Å². The number of amides is 13. The molecule has 4 aromatic rings. The highest BCUT2D eigenvalue weighted by Crippen LogP contribution is 2.31. The van der Waals surface area contributed by atoms with E-state index in [1.165, 1.54) is 68.1 Å². The summed E-state index contributed by atoms with van der Waals surface area (Å²) in [4.78, 5) is 221. The minimum atomic E-state index is -1.78. The van der Waals surface area contributed by atoms with Crippen LogP contribution in [0.5, 0.6) is 5.75 Å². The van der Waals surface area contributed by atoms with E-state index in [-0.39, 0.29) is 176 Å². The quantitative estimate of drug-likeness (QED) is 0.00854. The van der Waals surface area contributed by atoms with Gasteiger partial charge in [0.1, 0.15) is 60.6 Å². The fourth-order valence-electron chi connectivity index (χ4n) is 18.1. The monoisotopic (exact) mass is 1870 g/mol. The van der Waals surface area contributed by atoms with Crippen LogP contribution >= 0.6 is 0 Å². The predicted octanol–water partition coefficient (Wildman–Crippen LogP) is -14.3. The highest BCUT2D eigenvalue weighted by Gasteiger charge is 2.53. The number of fused-ring (bicyclic) bond motifs is 1. The number of benzene rings is 2. The third-order valence-corrected chi connectivity index (χ3v) is 24.5. The van der Waals surface area contributed by atoms with Crippen molar-refractivity contribution in [1.29, 1.82) is 27.0 Å². The van der Waals surface area contributed by atoms with Crippen molar-refractivity contribution in [1.82, 2.24) is 118 Å². The van der Waals surface area contributed by atoms with Gasteiger partial charge in [0.15, 0.2) is 41.0 Å². The molecule has 0 radical (unpaired) electrons. The second-order valence-corrected chi connectivity index (χ2v) is 34.6. The molecular formula is C79H120BN37O17. The van der Waals surface area contributed by atoms with Gasteiger partial charge >= 0.3 is 7.12 Å². The van der Waals surface area contributed by atoms with Crippen LogP contribution in [0.1, 0.15) is 99.4 Å². The van der Waals surface area contributed by atoms with Crippen molar-refractivity contribution in [2.24, 2.45) is 45.9 Å². The number of aromatic hydroxyl groups is 1. The number of carbonyl (C=O) groups is 13. The molecule has 2 aromatic carbocycles. The smallest absolute Gasteiger partial charge is 0.488 e. The SMILES string of the molecule is N=C(N)N[C@@H]1C[C@@H](C(=O)NCCN(CC(=O)N[C@@H](CCCCNC(=O)c2ccc(B(O)O)cc2)C(=O)N[C@@H](Cc2ccc(O)cc2)C(N)=O)C(=O)Cn2cnc3c(=O)[nH]c(N)nc32)N(C(=O)[C@H](CCCCNC(=O)[C@@H]2C[C@@H](NC(=N)N)CN2C(=O)[C@@H]2C[C@@H](NC(=N)N)CN2C(=O)[C@H]2C[C@@H](N)CN2)NC(=O)[C@@H]2C[C@@H](NC(=N)N)CN2C(=O)[C@@H]2C[C@@H](NC(=N)N)CN2C(=O)[C@H]2C[C@@H](N)CN2)C1. The minimum absolute atomic E-state index is 0.00124. The number of rotatable bonds is 39. The number of nitrogen functional groups attached to an aromatic ring is 1. The van der Waals surface area contributed by atoms with E-state index < -0.39 is 242 Å². The second kappa shape index (κ2) is 45.2. The summed E-state index contributed by atoms with van der Waals surface area (Å²) in [5.41, 5.74) is 52.8. The topological polar surface area (TPSA) is 875 Å². The molecule has 13 amide bonds. The molecule has 9 heterocycles. The molecule has 54 nitrogen and oxygen atoms in total. The van der Waals surface area contributed by atoms with Gasteiger partial charge in [-0.05, 0) is 119 Å². The van der Waals surface area contributed by atoms with E-state index >= 15 is 19.2 Å². The summed E-state index contributed by atoms with van der Waals surface area (Å²) in [5, 5.41) is 106. The molecule has 7 aliphatic rings. The van der Waals surface area contributed by atoms with Crippen molar-refractivity contribution in [3.05, 3.63) is 76.3 Å². The summed E-state index contributed by atoms with van der Waals surface area (Å²) in [7, 11) is -1.78. The van der Waals surface area contributed by atoms with Crippen molar-refractivity contribution >= 4 is 136 Å². The number of hydrogen-bond acceptors (Lipinski definition) is 29. The van der Waals surface area contributed by atoms with Crippen molar-refractivity contribution in [3.63, 3.8) is 0 Å². The third-order valence-electron chi connectivity index (χ3n) is 24.5. The van der Waals surface area contributed by atoms with Crippen LogP contribution in [0.15, 0.2) is 59.7 Å². The molecule has 7 aliphatic heterocycles. The number of anilines is 1. The zero-order valence-electron chi connectivity index (χ0n) is 73.5. The molecule has 7 saturated heterocycles. The molecule has 40 N–H and O–H groups in total. The highest BCUT2D eigenvalue weighted by molar-refractivity contribution is 6.58. The van der Waals surface area contributed by atoms with Gasteiger partial charge in [0, 0.05) is 126 Å². The number of nitrogens with one attached hydrogen (secondary N) is 19. The fraction of sp³-hybridized carbons (Fsp3) is 0.557. The number of carbonyl (C=O) groups excluding carboxylic acids is 13. The molecule has 0 bridgehead atoms. The van der Waals surface area contributed by atoms with Crippen LogP contribution in [-0.4, -0.2) is 359 Å². The average molecular weight is 1870 g/mol. The van der Waals surface area contributed by atoms with Crippen molar-refractivity contribution in [2.75, 3.05) is 84.3 Å².